The third-order valence-corrected chi connectivity index (χ3v) is 5.73. The highest BCUT2D eigenvalue weighted by atomic mass is 79.9. The fraction of sp³-hybridized carbons (Fsp3) is 0.368. The van der Waals surface area contributed by atoms with Crippen LogP contribution in [0.4, 0.5) is 5.82 Å². The Hall–Kier alpha value is -1.63. The number of nitrogens with one attached hydrogen (secondary N) is 2. The highest BCUT2D eigenvalue weighted by molar-refractivity contribution is 9.10. The van der Waals surface area contributed by atoms with Crippen molar-refractivity contribution < 1.29 is 0 Å². The van der Waals surface area contributed by atoms with Crippen molar-refractivity contribution >= 4 is 39.0 Å². The summed E-state index contributed by atoms with van der Waals surface area (Å²) in [6, 6.07) is 9.80. The molecule has 1 fully saturated rings. The minimum atomic E-state index is 0.694. The zero-order chi connectivity index (χ0) is 17.9. The lowest BCUT2D eigenvalue weighted by Gasteiger charge is -2.23. The van der Waals surface area contributed by atoms with Crippen LogP contribution in [0.25, 0.3) is 16.9 Å². The number of piperidine rings is 1. The summed E-state index contributed by atoms with van der Waals surface area (Å²) in [4.78, 5) is 4.74. The van der Waals surface area contributed by atoms with Crippen LogP contribution in [0.1, 0.15) is 19.3 Å². The van der Waals surface area contributed by atoms with Crippen LogP contribution in [0.5, 0.6) is 0 Å². The van der Waals surface area contributed by atoms with Crippen LogP contribution in [0, 0.1) is 5.92 Å². The van der Waals surface area contributed by atoms with Gasteiger partial charge in [0.25, 0.3) is 0 Å². The molecule has 1 aromatic carbocycles. The molecule has 0 amide bonds. The van der Waals surface area contributed by atoms with Crippen molar-refractivity contribution in [1.29, 1.82) is 0 Å². The molecule has 1 saturated heterocycles. The molecule has 1 atom stereocenters. The molecular formula is C19H21BrClN5. The third-order valence-electron chi connectivity index (χ3n) is 4.84. The second-order valence-corrected chi connectivity index (χ2v) is 7.92. The number of fused-ring (bicyclic) bond motifs is 1. The fourth-order valence-corrected chi connectivity index (χ4v) is 4.02. The minimum absolute atomic E-state index is 0.694. The van der Waals surface area contributed by atoms with Gasteiger partial charge in [-0.2, -0.15) is 9.61 Å². The van der Waals surface area contributed by atoms with E-state index in [0.717, 1.165) is 59.2 Å². The van der Waals surface area contributed by atoms with Gasteiger partial charge < -0.3 is 10.6 Å². The van der Waals surface area contributed by atoms with Crippen molar-refractivity contribution in [2.75, 3.05) is 25.0 Å². The average Bonchev–Trinajstić information content (AvgIpc) is 3.04. The van der Waals surface area contributed by atoms with Gasteiger partial charge in [-0.15, -0.1) is 0 Å². The van der Waals surface area contributed by atoms with Gasteiger partial charge in [-0.1, -0.05) is 29.8 Å². The van der Waals surface area contributed by atoms with E-state index in [2.05, 4.69) is 31.7 Å². The number of nitrogens with zero attached hydrogens (tertiary/aromatic N) is 3. The van der Waals surface area contributed by atoms with Crippen LogP contribution >= 0.6 is 27.5 Å². The van der Waals surface area contributed by atoms with E-state index in [1.54, 1.807) is 6.20 Å². The van der Waals surface area contributed by atoms with E-state index < -0.39 is 0 Å². The quantitative estimate of drug-likeness (QED) is 0.615. The van der Waals surface area contributed by atoms with E-state index in [1.165, 1.54) is 12.8 Å². The largest absolute Gasteiger partial charge is 0.370 e. The van der Waals surface area contributed by atoms with Gasteiger partial charge in [0.2, 0.25) is 0 Å². The Bertz CT molecular complexity index is 904. The smallest absolute Gasteiger partial charge is 0.172 e. The molecule has 2 aromatic heterocycles. The van der Waals surface area contributed by atoms with Gasteiger partial charge in [0, 0.05) is 23.2 Å². The first-order valence-corrected chi connectivity index (χ1v) is 10.1. The first-order valence-electron chi connectivity index (χ1n) is 8.96. The average molecular weight is 435 g/mol. The van der Waals surface area contributed by atoms with Crippen LogP contribution in [0.3, 0.4) is 0 Å². The molecule has 3 heterocycles. The number of benzene rings is 1. The number of aromatic nitrogens is 3. The van der Waals surface area contributed by atoms with Crippen molar-refractivity contribution in [3.63, 3.8) is 0 Å². The molecule has 2 N–H and O–H groups in total. The van der Waals surface area contributed by atoms with E-state index >= 15 is 0 Å². The highest BCUT2D eigenvalue weighted by Gasteiger charge is 2.15. The normalized spacial score (nSPS) is 17.5. The third kappa shape index (κ3) is 3.72. The molecule has 0 spiro atoms. The Balaban J connectivity index is 1.61. The fourth-order valence-electron chi connectivity index (χ4n) is 3.44. The summed E-state index contributed by atoms with van der Waals surface area (Å²) < 4.78 is 2.70. The summed E-state index contributed by atoms with van der Waals surface area (Å²) >= 11 is 9.92. The van der Waals surface area contributed by atoms with Crippen molar-refractivity contribution in [3.8, 4) is 11.3 Å². The summed E-state index contributed by atoms with van der Waals surface area (Å²) in [5.74, 6) is 1.67. The molecule has 136 valence electrons. The van der Waals surface area contributed by atoms with Gasteiger partial charge in [0.1, 0.15) is 5.82 Å². The molecule has 0 aliphatic carbocycles. The Kier molecular flexibility index (Phi) is 5.43. The Morgan fingerprint density at radius 1 is 1.35 bits per heavy atom. The molecule has 5 nitrogen and oxygen atoms in total. The SMILES string of the molecule is Clc1ccccc1-c1cc(NCCC2CCCNC2)n2ncc(Br)c2n1. The maximum atomic E-state index is 6.38. The molecule has 7 heteroatoms. The first kappa shape index (κ1) is 17.8. The van der Waals surface area contributed by atoms with Gasteiger partial charge in [0.05, 0.1) is 16.4 Å². The van der Waals surface area contributed by atoms with Gasteiger partial charge >= 0.3 is 0 Å². The summed E-state index contributed by atoms with van der Waals surface area (Å²) in [7, 11) is 0. The van der Waals surface area contributed by atoms with Crippen LogP contribution in [-0.2, 0) is 0 Å². The maximum Gasteiger partial charge on any atom is 0.172 e. The van der Waals surface area contributed by atoms with Crippen LogP contribution in [0.15, 0.2) is 41.0 Å². The number of hydrogen-bond acceptors (Lipinski definition) is 4. The first-order chi connectivity index (χ1) is 12.7. The molecule has 4 rings (SSSR count). The topological polar surface area (TPSA) is 54.2 Å². The second-order valence-electron chi connectivity index (χ2n) is 6.66. The predicted molar refractivity (Wildman–Crippen MR) is 110 cm³/mol. The van der Waals surface area contributed by atoms with Crippen LogP contribution < -0.4 is 10.6 Å². The van der Waals surface area contributed by atoms with Gasteiger partial charge in [-0.3, -0.25) is 0 Å². The van der Waals surface area contributed by atoms with Crippen LogP contribution in [0.2, 0.25) is 5.02 Å². The lowest BCUT2D eigenvalue weighted by molar-refractivity contribution is 0.364. The predicted octanol–water partition coefficient (Wildman–Crippen LogP) is 4.61. The van der Waals surface area contributed by atoms with Crippen LogP contribution in [-0.4, -0.2) is 34.2 Å². The standard InChI is InChI=1S/C19H21BrClN5/c20-15-12-24-26-18(23-9-7-13-4-3-8-22-11-13)10-17(25-19(15)26)14-5-1-2-6-16(14)21/h1-2,5-6,10,12-13,22-23H,3-4,7-9,11H2. The molecule has 0 saturated carbocycles. The van der Waals surface area contributed by atoms with Crippen molar-refractivity contribution in [3.05, 3.63) is 46.0 Å². The monoisotopic (exact) mass is 433 g/mol. The number of hydrogen-bond donors (Lipinski definition) is 2. The highest BCUT2D eigenvalue weighted by Crippen LogP contribution is 2.30. The molecular weight excluding hydrogens is 414 g/mol. The molecule has 1 aliphatic heterocycles. The van der Waals surface area contributed by atoms with E-state index in [-0.39, 0.29) is 0 Å². The minimum Gasteiger partial charge on any atom is -0.370 e. The number of anilines is 1. The lowest BCUT2D eigenvalue weighted by atomic mass is 9.96. The zero-order valence-electron chi connectivity index (χ0n) is 14.4. The van der Waals surface area contributed by atoms with E-state index in [0.29, 0.717) is 5.02 Å². The zero-order valence-corrected chi connectivity index (χ0v) is 16.7. The van der Waals surface area contributed by atoms with Gasteiger partial charge in [0.15, 0.2) is 5.65 Å². The van der Waals surface area contributed by atoms with Crippen molar-refractivity contribution in [2.24, 2.45) is 5.92 Å². The molecule has 26 heavy (non-hydrogen) atoms. The summed E-state index contributed by atoms with van der Waals surface area (Å²) in [6.45, 7) is 3.17. The molecule has 0 radical (unpaired) electrons. The van der Waals surface area contributed by atoms with Crippen molar-refractivity contribution in [2.45, 2.75) is 19.3 Å². The van der Waals surface area contributed by atoms with Crippen molar-refractivity contribution in [1.82, 2.24) is 19.9 Å². The molecule has 1 aliphatic rings. The Morgan fingerprint density at radius 3 is 3.04 bits per heavy atom. The maximum absolute atomic E-state index is 6.38. The number of halogens is 2. The number of rotatable bonds is 5. The summed E-state index contributed by atoms with van der Waals surface area (Å²) in [5.41, 5.74) is 2.54. The van der Waals surface area contributed by atoms with E-state index in [4.69, 9.17) is 16.6 Å². The molecule has 0 bridgehead atoms. The Labute approximate surface area is 166 Å². The second kappa shape index (κ2) is 7.94. The van der Waals surface area contributed by atoms with Gasteiger partial charge in [-0.25, -0.2) is 4.98 Å². The molecule has 3 aromatic rings. The van der Waals surface area contributed by atoms with E-state index in [9.17, 15) is 0 Å². The molecule has 1 unspecified atom stereocenters. The summed E-state index contributed by atoms with van der Waals surface area (Å²) in [5, 5.41) is 12.2. The summed E-state index contributed by atoms with van der Waals surface area (Å²) in [6.07, 6.45) is 5.49. The Morgan fingerprint density at radius 2 is 2.23 bits per heavy atom. The van der Waals surface area contributed by atoms with E-state index in [1.807, 2.05) is 34.8 Å². The lowest BCUT2D eigenvalue weighted by Crippen LogP contribution is -2.30. The van der Waals surface area contributed by atoms with Gasteiger partial charge in [-0.05, 0) is 60.3 Å².